The molecule has 0 fully saturated rings. The monoisotopic (exact) mass is 261 g/mol. The average Bonchev–Trinajstić information content (AvgIpc) is 3.07. The molecule has 0 spiro atoms. The molecule has 0 aliphatic carbocycles. The molecule has 5 rings (SSSR count). The van der Waals surface area contributed by atoms with Crippen LogP contribution in [0.1, 0.15) is 5.56 Å². The first-order chi connectivity index (χ1) is 9.42. The Morgan fingerprint density at radius 1 is 0.947 bits per heavy atom. The van der Waals surface area contributed by atoms with Gasteiger partial charge < -0.3 is 4.57 Å². The van der Waals surface area contributed by atoms with Gasteiger partial charge in [-0.3, -0.25) is 0 Å². The van der Waals surface area contributed by atoms with Crippen LogP contribution in [-0.2, 0) is 6.54 Å². The second-order valence-corrected chi connectivity index (χ2v) is 6.13. The smallest absolute Gasteiger partial charge is 0.0599 e. The van der Waals surface area contributed by atoms with Crippen LogP contribution < -0.4 is 0 Å². The fourth-order valence-corrected chi connectivity index (χ4v) is 4.43. The molecule has 1 aliphatic rings. The summed E-state index contributed by atoms with van der Waals surface area (Å²) in [6.45, 7) is 1.02. The van der Waals surface area contributed by atoms with E-state index in [1.54, 1.807) is 0 Å². The second kappa shape index (κ2) is 3.28. The Morgan fingerprint density at radius 3 is 2.79 bits per heavy atom. The standard InChI is InChI=1S/C17H11NS/c1-3-7-14-11(5-1)9-15-17-13(10-18(14)15)12-6-2-4-8-16(12)19-17/h1-9H,10H2. The summed E-state index contributed by atoms with van der Waals surface area (Å²) in [4.78, 5) is 1.46. The van der Waals surface area contributed by atoms with Crippen LogP contribution in [0.4, 0.5) is 0 Å². The molecule has 0 saturated heterocycles. The molecular formula is C17H11NS. The Balaban J connectivity index is 1.91. The van der Waals surface area contributed by atoms with Gasteiger partial charge in [0.2, 0.25) is 0 Å². The molecule has 2 aromatic carbocycles. The Bertz CT molecular complexity index is 864. The van der Waals surface area contributed by atoms with E-state index in [-0.39, 0.29) is 0 Å². The number of hydrogen-bond donors (Lipinski definition) is 0. The van der Waals surface area contributed by atoms with Gasteiger partial charge in [0.25, 0.3) is 0 Å². The van der Waals surface area contributed by atoms with E-state index < -0.39 is 0 Å². The zero-order valence-electron chi connectivity index (χ0n) is 10.3. The lowest BCUT2D eigenvalue weighted by Crippen LogP contribution is -1.92. The minimum atomic E-state index is 1.02. The van der Waals surface area contributed by atoms with E-state index in [0.29, 0.717) is 0 Å². The number of nitrogens with zero attached hydrogens (tertiary/aromatic N) is 1. The molecule has 0 amide bonds. The first-order valence-corrected chi connectivity index (χ1v) is 7.32. The van der Waals surface area contributed by atoms with E-state index >= 15 is 0 Å². The van der Waals surface area contributed by atoms with Crippen LogP contribution in [0, 0.1) is 0 Å². The summed E-state index contributed by atoms with van der Waals surface area (Å²) < 4.78 is 3.85. The van der Waals surface area contributed by atoms with Gasteiger partial charge in [0, 0.05) is 15.6 Å². The SMILES string of the molecule is c1ccc2c(c1)cc1n2Cc2c-1sc1ccccc21. The van der Waals surface area contributed by atoms with E-state index in [1.165, 1.54) is 37.1 Å². The van der Waals surface area contributed by atoms with Crippen molar-refractivity contribution >= 4 is 32.3 Å². The molecule has 0 radical (unpaired) electrons. The number of benzene rings is 2. The number of hydrogen-bond acceptors (Lipinski definition) is 1. The van der Waals surface area contributed by atoms with Crippen molar-refractivity contribution in [2.75, 3.05) is 0 Å². The van der Waals surface area contributed by atoms with E-state index in [4.69, 9.17) is 0 Å². The predicted octanol–water partition coefficient (Wildman–Crippen LogP) is 4.88. The summed E-state index contributed by atoms with van der Waals surface area (Å²) in [6.07, 6.45) is 0. The largest absolute Gasteiger partial charge is 0.335 e. The third-order valence-corrected chi connectivity index (χ3v) is 5.29. The van der Waals surface area contributed by atoms with Gasteiger partial charge in [-0.1, -0.05) is 36.4 Å². The van der Waals surface area contributed by atoms with Gasteiger partial charge in [0.1, 0.15) is 0 Å². The van der Waals surface area contributed by atoms with Crippen LogP contribution in [0.5, 0.6) is 0 Å². The second-order valence-electron chi connectivity index (χ2n) is 5.08. The van der Waals surface area contributed by atoms with Crippen molar-refractivity contribution in [2.45, 2.75) is 6.54 Å². The van der Waals surface area contributed by atoms with E-state index in [2.05, 4.69) is 59.2 Å². The Morgan fingerprint density at radius 2 is 1.79 bits per heavy atom. The van der Waals surface area contributed by atoms with Gasteiger partial charge in [-0.05, 0) is 29.1 Å². The molecule has 4 aromatic rings. The highest BCUT2D eigenvalue weighted by Crippen LogP contribution is 2.45. The molecule has 2 heteroatoms. The quantitative estimate of drug-likeness (QED) is 0.374. The zero-order valence-corrected chi connectivity index (χ0v) is 11.1. The molecule has 1 aliphatic heterocycles. The minimum absolute atomic E-state index is 1.02. The summed E-state index contributed by atoms with van der Waals surface area (Å²) in [5.41, 5.74) is 4.24. The van der Waals surface area contributed by atoms with Crippen molar-refractivity contribution in [1.29, 1.82) is 0 Å². The molecule has 3 heterocycles. The highest BCUT2D eigenvalue weighted by molar-refractivity contribution is 7.22. The summed E-state index contributed by atoms with van der Waals surface area (Å²) in [7, 11) is 0. The Labute approximate surface area is 114 Å². The lowest BCUT2D eigenvalue weighted by molar-refractivity contribution is 0.892. The van der Waals surface area contributed by atoms with Crippen LogP contribution in [0.3, 0.4) is 0 Å². The molecule has 0 unspecified atom stereocenters. The van der Waals surface area contributed by atoms with Crippen molar-refractivity contribution in [3.63, 3.8) is 0 Å². The van der Waals surface area contributed by atoms with Gasteiger partial charge in [-0.25, -0.2) is 0 Å². The average molecular weight is 261 g/mol. The van der Waals surface area contributed by atoms with Crippen molar-refractivity contribution in [1.82, 2.24) is 4.57 Å². The van der Waals surface area contributed by atoms with Crippen molar-refractivity contribution in [3.05, 3.63) is 60.2 Å². The third-order valence-electron chi connectivity index (χ3n) is 4.06. The molecule has 19 heavy (non-hydrogen) atoms. The number of rotatable bonds is 0. The maximum Gasteiger partial charge on any atom is 0.0599 e. The van der Waals surface area contributed by atoms with Crippen LogP contribution >= 0.6 is 11.3 Å². The fraction of sp³-hybridized carbons (Fsp3) is 0.0588. The Kier molecular flexibility index (Phi) is 1.69. The van der Waals surface area contributed by atoms with Crippen molar-refractivity contribution in [2.24, 2.45) is 0 Å². The van der Waals surface area contributed by atoms with Crippen molar-refractivity contribution in [3.8, 4) is 10.6 Å². The van der Waals surface area contributed by atoms with Gasteiger partial charge in [0.05, 0.1) is 17.1 Å². The Hall–Kier alpha value is -2.06. The lowest BCUT2D eigenvalue weighted by Gasteiger charge is -2.01. The first kappa shape index (κ1) is 9.82. The topological polar surface area (TPSA) is 4.93 Å². The first-order valence-electron chi connectivity index (χ1n) is 6.51. The fourth-order valence-electron chi connectivity index (χ4n) is 3.19. The summed E-state index contributed by atoms with van der Waals surface area (Å²) in [6, 6.07) is 19.7. The van der Waals surface area contributed by atoms with Gasteiger partial charge in [-0.2, -0.15) is 0 Å². The van der Waals surface area contributed by atoms with Crippen LogP contribution in [0.15, 0.2) is 54.6 Å². The summed E-state index contributed by atoms with van der Waals surface area (Å²) in [5, 5.41) is 2.77. The van der Waals surface area contributed by atoms with Crippen LogP contribution in [0.2, 0.25) is 0 Å². The highest BCUT2D eigenvalue weighted by Gasteiger charge is 2.24. The molecule has 0 atom stereocenters. The molecule has 1 nitrogen and oxygen atoms in total. The molecule has 0 saturated carbocycles. The van der Waals surface area contributed by atoms with Gasteiger partial charge in [0.15, 0.2) is 0 Å². The van der Waals surface area contributed by atoms with Crippen molar-refractivity contribution < 1.29 is 0 Å². The normalized spacial score (nSPS) is 13.1. The summed E-state index contributed by atoms with van der Waals surface area (Å²) in [5.74, 6) is 0. The van der Waals surface area contributed by atoms with E-state index in [9.17, 15) is 0 Å². The lowest BCUT2D eigenvalue weighted by atomic mass is 10.1. The predicted molar refractivity (Wildman–Crippen MR) is 81.9 cm³/mol. The molecule has 90 valence electrons. The van der Waals surface area contributed by atoms with E-state index in [0.717, 1.165) is 6.54 Å². The zero-order chi connectivity index (χ0) is 12.4. The van der Waals surface area contributed by atoms with E-state index in [1.807, 2.05) is 11.3 Å². The maximum absolute atomic E-state index is 2.45. The number of aromatic nitrogens is 1. The number of para-hydroxylation sites is 1. The highest BCUT2D eigenvalue weighted by atomic mass is 32.1. The number of thiophene rings is 1. The van der Waals surface area contributed by atoms with Gasteiger partial charge in [-0.15, -0.1) is 11.3 Å². The minimum Gasteiger partial charge on any atom is -0.335 e. The van der Waals surface area contributed by atoms with Crippen LogP contribution in [-0.4, -0.2) is 4.57 Å². The number of fused-ring (bicyclic) bond motifs is 7. The maximum atomic E-state index is 2.45. The molecular weight excluding hydrogens is 250 g/mol. The van der Waals surface area contributed by atoms with Crippen LogP contribution in [0.25, 0.3) is 31.6 Å². The molecule has 2 aromatic heterocycles. The molecule has 0 bridgehead atoms. The van der Waals surface area contributed by atoms with Gasteiger partial charge >= 0.3 is 0 Å². The summed E-state index contributed by atoms with van der Waals surface area (Å²) >= 11 is 1.92. The molecule has 0 N–H and O–H groups in total. The third kappa shape index (κ3) is 1.15.